The third-order valence-electron chi connectivity index (χ3n) is 8.32. The number of urea groups is 1. The minimum absolute atomic E-state index is 0.0205. The molecule has 1 saturated carbocycles. The summed E-state index contributed by atoms with van der Waals surface area (Å²) in [4.78, 5) is 101. The first-order valence-corrected chi connectivity index (χ1v) is 16.8. The molecule has 4 fully saturated rings. The molecule has 6 rings (SSSR count). The number of nitrogen functional groups attached to an aromatic ring is 1. The summed E-state index contributed by atoms with van der Waals surface area (Å²) in [5, 5.41) is 46.0. The Bertz CT molecular complexity index is 1890. The average molecular weight is 753 g/mol. The number of β-lactam (4-membered cyclic amide) rings is 1. The molecular weight excluding hydrogens is 728 g/mol. The number of carbonyl (C=O) groups is 7. The van der Waals surface area contributed by atoms with Gasteiger partial charge >= 0.3 is 23.9 Å². The number of hydrogen-bond donors (Lipinski definition) is 7. The molecule has 8 N–H and O–H groups in total. The van der Waals surface area contributed by atoms with Crippen molar-refractivity contribution in [2.45, 2.75) is 41.9 Å². The van der Waals surface area contributed by atoms with E-state index in [0.29, 0.717) is 0 Å². The maximum atomic E-state index is 13.4. The number of thiazole rings is 1. The number of Topliss-reactive ketones (excluding diaryl/α,β-unsaturated/α-hetero) is 1. The van der Waals surface area contributed by atoms with Gasteiger partial charge in [0.05, 0.1) is 23.2 Å². The van der Waals surface area contributed by atoms with Gasteiger partial charge in [-0.3, -0.25) is 24.6 Å². The number of carboxylic acid groups (broad SMARTS) is 2. The molecule has 3 aliphatic heterocycles. The molecule has 20 nitrogen and oxygen atoms in total. The van der Waals surface area contributed by atoms with E-state index >= 15 is 0 Å². The number of hydrogen-bond acceptors (Lipinski definition) is 15. The molecule has 4 aliphatic rings. The number of aromatic hydroxyl groups is 2. The number of oxime groups is 1. The van der Waals surface area contributed by atoms with Crippen molar-refractivity contribution < 1.29 is 58.8 Å². The van der Waals surface area contributed by atoms with E-state index in [1.165, 1.54) is 10.3 Å². The van der Waals surface area contributed by atoms with Crippen LogP contribution in [0.4, 0.5) is 9.93 Å². The molecule has 1 aromatic carbocycles. The zero-order valence-electron chi connectivity index (χ0n) is 25.1. The molecule has 264 valence electrons. The van der Waals surface area contributed by atoms with Crippen LogP contribution in [0, 0.1) is 0 Å². The lowest BCUT2D eigenvalue weighted by atomic mass is 9.98. The number of fused-ring (bicyclic) bond motifs is 1. The number of anilines is 1. The van der Waals surface area contributed by atoms with E-state index < -0.39 is 98.4 Å². The number of aliphatic carboxylic acids is 2. The number of ketones is 1. The molecule has 0 radical (unpaired) electrons. The van der Waals surface area contributed by atoms with E-state index in [0.717, 1.165) is 45.1 Å². The Morgan fingerprint density at radius 1 is 1.12 bits per heavy atom. The SMILES string of the molecule is Nc1nc(/C(=N/OC2(C(=O)O)CC2)C(=O)NC2C(=O)N3C(C(C(=O)O)N4CCN(NC(=O)C(=O)c5ccc(O)c(O)c5Cl)C4=O)CS[C@H]23)cs1. The van der Waals surface area contributed by atoms with Crippen molar-refractivity contribution in [3.8, 4) is 11.5 Å². The normalized spacial score (nSPS) is 22.8. The van der Waals surface area contributed by atoms with Crippen molar-refractivity contribution in [3.05, 3.63) is 33.8 Å². The lowest BCUT2D eigenvalue weighted by Crippen LogP contribution is -2.72. The standard InChI is InChI=1S/C27H25ClN8O12S2/c28-13-9(1-2-12(37)18(13)39)17(38)20(41)32-35-6-5-34(26(35)47)16(23(43)44)11-8-49-22-15(21(42)36(11)22)31-19(40)14(10-7-50-25(29)30-10)33-48-27(3-4-27)24(45)46/h1-2,7,11,15-16,22,37,39H,3-6,8H2,(H2,29,30)(H,31,40)(H,32,41)(H,43,44)(H,45,46)/b33-14-/t11?,15?,16?,22-/m1/s1. The van der Waals surface area contributed by atoms with Gasteiger partial charge in [-0.15, -0.1) is 23.1 Å². The minimum atomic E-state index is -1.59. The quantitative estimate of drug-likeness (QED) is 0.0342. The number of nitrogens with one attached hydrogen (secondary N) is 2. The van der Waals surface area contributed by atoms with Crippen LogP contribution >= 0.6 is 34.7 Å². The van der Waals surface area contributed by atoms with Crippen molar-refractivity contribution in [3.63, 3.8) is 0 Å². The maximum absolute atomic E-state index is 13.4. The van der Waals surface area contributed by atoms with E-state index in [9.17, 15) is 54.0 Å². The van der Waals surface area contributed by atoms with Gasteiger partial charge in [0.15, 0.2) is 28.4 Å². The van der Waals surface area contributed by atoms with Crippen LogP contribution in [0.2, 0.25) is 5.02 Å². The van der Waals surface area contributed by atoms with Gasteiger partial charge in [-0.05, 0) is 12.1 Å². The van der Waals surface area contributed by atoms with Crippen LogP contribution in [0.15, 0.2) is 22.7 Å². The Morgan fingerprint density at radius 2 is 1.84 bits per heavy atom. The molecule has 3 unspecified atom stereocenters. The lowest BCUT2D eigenvalue weighted by Gasteiger charge is -2.46. The second kappa shape index (κ2) is 12.8. The molecular formula is C27H25ClN8O12S2. The van der Waals surface area contributed by atoms with Gasteiger partial charge in [-0.1, -0.05) is 16.8 Å². The van der Waals surface area contributed by atoms with Crippen molar-refractivity contribution in [2.24, 2.45) is 5.16 Å². The monoisotopic (exact) mass is 752 g/mol. The largest absolute Gasteiger partial charge is 0.504 e. The number of carboxylic acids is 2. The Morgan fingerprint density at radius 3 is 2.46 bits per heavy atom. The summed E-state index contributed by atoms with van der Waals surface area (Å²) in [5.41, 5.74) is 5.29. The number of halogens is 1. The number of nitrogens with zero attached hydrogens (tertiary/aromatic N) is 5. The van der Waals surface area contributed by atoms with Gasteiger partial charge < -0.3 is 46.1 Å². The summed E-state index contributed by atoms with van der Waals surface area (Å²) in [5.74, 6) is -8.32. The van der Waals surface area contributed by atoms with Crippen LogP contribution in [0.25, 0.3) is 0 Å². The number of phenolic OH excluding ortho intramolecular Hbond substituents is 2. The van der Waals surface area contributed by atoms with Gasteiger partial charge in [-0.2, -0.15) is 0 Å². The zero-order chi connectivity index (χ0) is 36.2. The summed E-state index contributed by atoms with van der Waals surface area (Å²) in [6.45, 7) is -0.450. The fraction of sp³-hybridized carbons (Fsp3) is 0.370. The fourth-order valence-corrected chi connectivity index (χ4v) is 7.85. The van der Waals surface area contributed by atoms with Gasteiger partial charge in [0.25, 0.3) is 11.7 Å². The first-order valence-electron chi connectivity index (χ1n) is 14.5. The Kier molecular flexibility index (Phi) is 8.86. The molecule has 1 aromatic heterocycles. The van der Waals surface area contributed by atoms with Gasteiger partial charge in [0, 0.05) is 30.5 Å². The van der Waals surface area contributed by atoms with E-state index in [-0.39, 0.29) is 42.5 Å². The number of aromatic nitrogens is 1. The highest BCUT2D eigenvalue weighted by Crippen LogP contribution is 2.43. The summed E-state index contributed by atoms with van der Waals surface area (Å²) >= 11 is 7.99. The molecule has 3 saturated heterocycles. The molecule has 50 heavy (non-hydrogen) atoms. The lowest BCUT2D eigenvalue weighted by molar-refractivity contribution is -0.155. The Labute approximate surface area is 292 Å². The Hall–Kier alpha value is -5.35. The van der Waals surface area contributed by atoms with E-state index in [1.807, 2.05) is 0 Å². The highest BCUT2D eigenvalue weighted by atomic mass is 35.5. The number of thioether (sulfide) groups is 1. The minimum Gasteiger partial charge on any atom is -0.504 e. The molecule has 0 bridgehead atoms. The molecule has 23 heteroatoms. The van der Waals surface area contributed by atoms with E-state index in [1.54, 1.807) is 0 Å². The van der Waals surface area contributed by atoms with Crippen LogP contribution in [0.5, 0.6) is 11.5 Å². The number of phenols is 2. The van der Waals surface area contributed by atoms with Crippen LogP contribution in [-0.2, 0) is 28.8 Å². The van der Waals surface area contributed by atoms with E-state index in [4.69, 9.17) is 22.2 Å². The molecule has 1 aliphatic carbocycles. The second-order valence-corrected chi connectivity index (χ2v) is 13.8. The first-order chi connectivity index (χ1) is 23.6. The maximum Gasteiger partial charge on any atom is 0.350 e. The zero-order valence-corrected chi connectivity index (χ0v) is 27.5. The summed E-state index contributed by atoms with van der Waals surface area (Å²) in [6.07, 6.45) is 0.339. The summed E-state index contributed by atoms with van der Waals surface area (Å²) < 4.78 is 0. The first kappa shape index (κ1) is 34.5. The van der Waals surface area contributed by atoms with Crippen molar-refractivity contribution >= 4 is 87.0 Å². The highest BCUT2D eigenvalue weighted by molar-refractivity contribution is 8.00. The third-order valence-corrected chi connectivity index (χ3v) is 10.8. The van der Waals surface area contributed by atoms with Crippen molar-refractivity contribution in [1.82, 2.24) is 30.5 Å². The van der Waals surface area contributed by atoms with Crippen LogP contribution < -0.4 is 16.5 Å². The predicted molar refractivity (Wildman–Crippen MR) is 170 cm³/mol. The third kappa shape index (κ3) is 5.94. The summed E-state index contributed by atoms with van der Waals surface area (Å²) in [7, 11) is 0. The topological polar surface area (TPSA) is 295 Å². The van der Waals surface area contributed by atoms with Crippen LogP contribution in [-0.4, -0.2) is 135 Å². The average Bonchev–Trinajstić information content (AvgIpc) is 3.40. The molecule has 5 amide bonds. The van der Waals surface area contributed by atoms with Crippen molar-refractivity contribution in [1.29, 1.82) is 0 Å². The molecule has 2 aromatic rings. The number of hydrazine groups is 1. The Balaban J connectivity index is 1.12. The smallest absolute Gasteiger partial charge is 0.350 e. The predicted octanol–water partition coefficient (Wildman–Crippen LogP) is -0.999. The number of amides is 5. The van der Waals surface area contributed by atoms with Crippen LogP contribution in [0.3, 0.4) is 0 Å². The van der Waals surface area contributed by atoms with Crippen molar-refractivity contribution in [2.75, 3.05) is 24.6 Å². The second-order valence-electron chi connectivity index (χ2n) is 11.4. The summed E-state index contributed by atoms with van der Waals surface area (Å²) in [6, 6.07) is -2.84. The van der Waals surface area contributed by atoms with Gasteiger partial charge in [-0.25, -0.2) is 24.4 Å². The molecule has 0 spiro atoms. The molecule has 4 atom stereocenters. The molecule has 4 heterocycles. The number of carbonyl (C=O) groups excluding carboxylic acids is 5. The van der Waals surface area contributed by atoms with Gasteiger partial charge in [0.2, 0.25) is 11.5 Å². The fourth-order valence-electron chi connectivity index (χ4n) is 5.52. The van der Waals surface area contributed by atoms with Crippen LogP contribution in [0.1, 0.15) is 28.9 Å². The number of rotatable bonds is 12. The van der Waals surface area contributed by atoms with Gasteiger partial charge in [0.1, 0.15) is 17.1 Å². The number of nitrogens with two attached hydrogens (primary N) is 1. The highest BCUT2D eigenvalue weighted by Gasteiger charge is 2.60. The number of benzene rings is 1. The van der Waals surface area contributed by atoms with E-state index in [2.05, 4.69) is 20.9 Å².